The number of hydrogen-bond acceptors (Lipinski definition) is 3. The molecule has 0 aliphatic carbocycles. The van der Waals surface area contributed by atoms with Gasteiger partial charge in [-0.15, -0.1) is 0 Å². The van der Waals surface area contributed by atoms with Crippen molar-refractivity contribution in [2.75, 3.05) is 6.54 Å². The van der Waals surface area contributed by atoms with Crippen molar-refractivity contribution in [2.24, 2.45) is 11.5 Å². The largest absolute Gasteiger partial charge is 0.480 e. The minimum Gasteiger partial charge on any atom is -0.480 e. The van der Waals surface area contributed by atoms with Gasteiger partial charge in [-0.2, -0.15) is 0 Å². The highest BCUT2D eigenvalue weighted by molar-refractivity contribution is 6.22. The van der Waals surface area contributed by atoms with Crippen molar-refractivity contribution < 1.29 is 14.3 Å². The number of alkyl halides is 2. The highest BCUT2D eigenvalue weighted by Crippen LogP contribution is 2.20. The molecule has 0 aromatic rings. The predicted molar refractivity (Wildman–Crippen MR) is 43.6 cm³/mol. The number of hydrogen-bond donors (Lipinski definition) is 3. The second-order valence-electron chi connectivity index (χ2n) is 2.54. The Morgan fingerprint density at radius 2 is 2.25 bits per heavy atom. The standard InChI is InChI=1S/C6H12ClFN2O2/c7-4(8)6(10,5(11)12)2-1-3-9/h4H,1-3,9-10H2,(H,11,12)/t4-,6+/m1/s1. The smallest absolute Gasteiger partial charge is 0.328 e. The second-order valence-corrected chi connectivity index (χ2v) is 2.92. The molecule has 0 aliphatic heterocycles. The molecular weight excluding hydrogens is 187 g/mol. The molecule has 4 nitrogen and oxygen atoms in total. The van der Waals surface area contributed by atoms with E-state index >= 15 is 0 Å². The van der Waals surface area contributed by atoms with Crippen molar-refractivity contribution in [3.8, 4) is 0 Å². The van der Waals surface area contributed by atoms with Crippen LogP contribution >= 0.6 is 11.6 Å². The quantitative estimate of drug-likeness (QED) is 0.545. The van der Waals surface area contributed by atoms with E-state index < -0.39 is 17.1 Å². The molecule has 0 unspecified atom stereocenters. The molecule has 5 N–H and O–H groups in total. The Bertz CT molecular complexity index is 168. The van der Waals surface area contributed by atoms with Gasteiger partial charge in [0.15, 0.2) is 5.54 Å². The number of rotatable bonds is 5. The molecule has 0 aliphatic rings. The van der Waals surface area contributed by atoms with Gasteiger partial charge in [0.1, 0.15) is 0 Å². The summed E-state index contributed by atoms with van der Waals surface area (Å²) in [6.45, 7) is 0.260. The van der Waals surface area contributed by atoms with Crippen LogP contribution in [0.3, 0.4) is 0 Å². The molecule has 6 heteroatoms. The summed E-state index contributed by atoms with van der Waals surface area (Å²) in [6.07, 6.45) is 0.263. The summed E-state index contributed by atoms with van der Waals surface area (Å²) in [7, 11) is 0. The zero-order chi connectivity index (χ0) is 9.78. The van der Waals surface area contributed by atoms with Gasteiger partial charge >= 0.3 is 5.97 Å². The van der Waals surface area contributed by atoms with Gasteiger partial charge in [-0.05, 0) is 19.4 Å². The SMILES string of the molecule is NCCC[C@@](N)(C(=O)O)[C@@H](F)Cl. The fourth-order valence-electron chi connectivity index (χ4n) is 0.704. The highest BCUT2D eigenvalue weighted by Gasteiger charge is 2.41. The lowest BCUT2D eigenvalue weighted by atomic mass is 9.96. The van der Waals surface area contributed by atoms with Crippen molar-refractivity contribution in [2.45, 2.75) is 24.0 Å². The average Bonchev–Trinajstić information content (AvgIpc) is 1.99. The van der Waals surface area contributed by atoms with Crippen LogP contribution in [0.2, 0.25) is 0 Å². The van der Waals surface area contributed by atoms with E-state index in [2.05, 4.69) is 0 Å². The fraction of sp³-hybridized carbons (Fsp3) is 0.833. The maximum absolute atomic E-state index is 12.5. The number of halogens is 2. The first kappa shape index (κ1) is 11.6. The van der Waals surface area contributed by atoms with Crippen LogP contribution in [-0.4, -0.2) is 28.8 Å². The minimum absolute atomic E-state index is 0.0660. The van der Waals surface area contributed by atoms with E-state index in [0.717, 1.165) is 0 Å². The van der Waals surface area contributed by atoms with Crippen molar-refractivity contribution in [3.05, 3.63) is 0 Å². The molecular formula is C6H12ClFN2O2. The maximum Gasteiger partial charge on any atom is 0.328 e. The summed E-state index contributed by atoms with van der Waals surface area (Å²) in [6, 6.07) is 0. The van der Waals surface area contributed by atoms with Crippen LogP contribution < -0.4 is 11.5 Å². The Morgan fingerprint density at radius 1 is 1.75 bits per heavy atom. The van der Waals surface area contributed by atoms with Gasteiger partial charge in [0.05, 0.1) is 0 Å². The monoisotopic (exact) mass is 198 g/mol. The van der Waals surface area contributed by atoms with Crippen molar-refractivity contribution in [1.82, 2.24) is 0 Å². The Hall–Kier alpha value is -0.390. The van der Waals surface area contributed by atoms with Gasteiger partial charge in [0, 0.05) is 0 Å². The van der Waals surface area contributed by atoms with Gasteiger partial charge in [-0.3, -0.25) is 4.79 Å². The minimum atomic E-state index is -2.10. The number of nitrogens with two attached hydrogens (primary N) is 2. The van der Waals surface area contributed by atoms with Crippen molar-refractivity contribution in [1.29, 1.82) is 0 Å². The second kappa shape index (κ2) is 4.59. The summed E-state index contributed by atoms with van der Waals surface area (Å²) in [5.74, 6) is -1.45. The lowest BCUT2D eigenvalue weighted by Gasteiger charge is -2.24. The third kappa shape index (κ3) is 2.58. The van der Waals surface area contributed by atoms with Crippen LogP contribution in [0.25, 0.3) is 0 Å². The van der Waals surface area contributed by atoms with Crippen LogP contribution in [0.1, 0.15) is 12.8 Å². The Morgan fingerprint density at radius 3 is 2.50 bits per heavy atom. The van der Waals surface area contributed by atoms with E-state index in [1.807, 2.05) is 0 Å². The topological polar surface area (TPSA) is 89.3 Å². The molecule has 0 aromatic carbocycles. The maximum atomic E-state index is 12.5. The van der Waals surface area contributed by atoms with Gasteiger partial charge in [-0.1, -0.05) is 11.6 Å². The lowest BCUT2D eigenvalue weighted by Crippen LogP contribution is -2.54. The van der Waals surface area contributed by atoms with E-state index in [4.69, 9.17) is 28.2 Å². The van der Waals surface area contributed by atoms with Gasteiger partial charge in [-0.25, -0.2) is 4.39 Å². The predicted octanol–water partition coefficient (Wildman–Crippen LogP) is 0.0418. The molecule has 0 fully saturated rings. The van der Waals surface area contributed by atoms with Gasteiger partial charge < -0.3 is 16.6 Å². The van der Waals surface area contributed by atoms with E-state index in [1.165, 1.54) is 0 Å². The molecule has 0 radical (unpaired) electrons. The number of carbonyl (C=O) groups is 1. The molecule has 0 aromatic heterocycles. The summed E-state index contributed by atoms with van der Waals surface area (Å²) in [5, 5.41) is 8.54. The number of carboxylic acids is 1. The molecule has 2 atom stereocenters. The van der Waals surface area contributed by atoms with Crippen molar-refractivity contribution in [3.63, 3.8) is 0 Å². The van der Waals surface area contributed by atoms with Crippen LogP contribution in [-0.2, 0) is 4.79 Å². The fourth-order valence-corrected chi connectivity index (χ4v) is 0.906. The zero-order valence-corrected chi connectivity index (χ0v) is 7.22. The Labute approximate surface area is 74.7 Å². The first-order chi connectivity index (χ1) is 5.45. The highest BCUT2D eigenvalue weighted by atomic mass is 35.5. The normalized spacial score (nSPS) is 18.3. The first-order valence-corrected chi connectivity index (χ1v) is 3.89. The van der Waals surface area contributed by atoms with Crippen LogP contribution in [0.15, 0.2) is 0 Å². The van der Waals surface area contributed by atoms with Gasteiger partial charge in [0.2, 0.25) is 5.63 Å². The molecule has 0 saturated carbocycles. The van der Waals surface area contributed by atoms with Crippen LogP contribution in [0.5, 0.6) is 0 Å². The van der Waals surface area contributed by atoms with Crippen LogP contribution in [0.4, 0.5) is 4.39 Å². The third-order valence-electron chi connectivity index (χ3n) is 1.58. The third-order valence-corrected chi connectivity index (χ3v) is 1.97. The molecule has 0 saturated heterocycles. The lowest BCUT2D eigenvalue weighted by molar-refractivity contribution is -0.145. The van der Waals surface area contributed by atoms with E-state index in [1.54, 1.807) is 0 Å². The summed E-state index contributed by atoms with van der Waals surface area (Å²) in [5.41, 5.74) is 6.22. The van der Waals surface area contributed by atoms with E-state index in [-0.39, 0.29) is 13.0 Å². The molecule has 72 valence electrons. The van der Waals surface area contributed by atoms with Gasteiger partial charge in [0.25, 0.3) is 0 Å². The van der Waals surface area contributed by atoms with E-state index in [9.17, 15) is 9.18 Å². The van der Waals surface area contributed by atoms with Crippen LogP contribution in [0, 0.1) is 0 Å². The first-order valence-electron chi connectivity index (χ1n) is 3.45. The molecule has 0 bridgehead atoms. The molecule has 0 heterocycles. The molecule has 0 amide bonds. The summed E-state index contributed by atoms with van der Waals surface area (Å²) in [4.78, 5) is 10.5. The van der Waals surface area contributed by atoms with Crippen molar-refractivity contribution >= 4 is 17.6 Å². The number of aliphatic carboxylic acids is 1. The molecule has 0 rings (SSSR count). The Kier molecular flexibility index (Phi) is 4.44. The summed E-state index contributed by atoms with van der Waals surface area (Å²) >= 11 is 5.00. The molecule has 12 heavy (non-hydrogen) atoms. The Balaban J connectivity index is 4.29. The molecule has 0 spiro atoms. The zero-order valence-electron chi connectivity index (χ0n) is 6.46. The van der Waals surface area contributed by atoms with E-state index in [0.29, 0.717) is 6.42 Å². The number of carboxylic acid groups (broad SMARTS) is 1. The average molecular weight is 199 g/mol. The summed E-state index contributed by atoms with van der Waals surface area (Å²) < 4.78 is 12.5.